The van der Waals surface area contributed by atoms with E-state index in [-0.39, 0.29) is 12.6 Å². The van der Waals surface area contributed by atoms with Gasteiger partial charge in [-0.1, -0.05) is 6.92 Å². The average molecular weight is 235 g/mol. The molecule has 1 aromatic carbocycles. The molecule has 0 fully saturated rings. The third-order valence-corrected chi connectivity index (χ3v) is 2.71. The van der Waals surface area contributed by atoms with E-state index in [4.69, 9.17) is 9.47 Å². The zero-order chi connectivity index (χ0) is 12.3. The Balaban J connectivity index is 2.04. The maximum atomic E-state index is 12.0. The summed E-state index contributed by atoms with van der Waals surface area (Å²) in [7, 11) is 1.95. The van der Waals surface area contributed by atoms with Crippen molar-refractivity contribution in [2.24, 2.45) is 0 Å². The number of benzene rings is 1. The van der Waals surface area contributed by atoms with Gasteiger partial charge in [0, 0.05) is 5.56 Å². The molecule has 0 aliphatic carbocycles. The first kappa shape index (κ1) is 11.9. The molecule has 17 heavy (non-hydrogen) atoms. The van der Waals surface area contributed by atoms with Gasteiger partial charge < -0.3 is 9.47 Å². The predicted molar refractivity (Wildman–Crippen MR) is 64.7 cm³/mol. The van der Waals surface area contributed by atoms with Crippen molar-refractivity contribution in [2.75, 3.05) is 26.9 Å². The molecule has 0 aromatic heterocycles. The second kappa shape index (κ2) is 5.19. The molecule has 1 aliphatic heterocycles. The smallest absolute Gasteiger partial charge is 0.231 e. The lowest BCUT2D eigenvalue weighted by Crippen LogP contribution is -2.26. The van der Waals surface area contributed by atoms with Crippen LogP contribution in [0, 0.1) is 0 Å². The third-order valence-electron chi connectivity index (χ3n) is 2.71. The molecular formula is C13H17NO3. The lowest BCUT2D eigenvalue weighted by molar-refractivity contribution is 0.0946. The minimum Gasteiger partial charge on any atom is -0.454 e. The predicted octanol–water partition coefficient (Wildman–Crippen LogP) is 1.94. The standard InChI is InChI=1S/C13H17NO3/c1-3-6-14(2)8-11(15)10-4-5-12-13(7-10)17-9-16-12/h4-5,7H,3,6,8-9H2,1-2H3. The Bertz CT molecular complexity index is 417. The Kier molecular flexibility index (Phi) is 3.64. The molecule has 0 saturated carbocycles. The van der Waals surface area contributed by atoms with Gasteiger partial charge in [-0.3, -0.25) is 9.69 Å². The van der Waals surface area contributed by atoms with Gasteiger partial charge in [-0.25, -0.2) is 0 Å². The highest BCUT2D eigenvalue weighted by atomic mass is 16.7. The topological polar surface area (TPSA) is 38.8 Å². The summed E-state index contributed by atoms with van der Waals surface area (Å²) in [5, 5.41) is 0. The summed E-state index contributed by atoms with van der Waals surface area (Å²) in [6.07, 6.45) is 1.05. The Labute approximate surface area is 101 Å². The molecule has 0 bridgehead atoms. The summed E-state index contributed by atoms with van der Waals surface area (Å²) in [5.74, 6) is 1.48. The van der Waals surface area contributed by atoms with Crippen LogP contribution in [0.1, 0.15) is 23.7 Å². The van der Waals surface area contributed by atoms with Crippen LogP contribution in [0.4, 0.5) is 0 Å². The van der Waals surface area contributed by atoms with Gasteiger partial charge in [0.25, 0.3) is 0 Å². The van der Waals surface area contributed by atoms with Crippen LogP contribution in [-0.2, 0) is 0 Å². The van der Waals surface area contributed by atoms with E-state index in [1.807, 2.05) is 11.9 Å². The lowest BCUT2D eigenvalue weighted by Gasteiger charge is -2.14. The van der Waals surface area contributed by atoms with E-state index >= 15 is 0 Å². The van der Waals surface area contributed by atoms with E-state index in [0.717, 1.165) is 13.0 Å². The number of fused-ring (bicyclic) bond motifs is 1. The highest BCUT2D eigenvalue weighted by molar-refractivity contribution is 5.98. The van der Waals surface area contributed by atoms with Crippen LogP contribution in [0.15, 0.2) is 18.2 Å². The molecule has 0 spiro atoms. The monoisotopic (exact) mass is 235 g/mol. The second-order valence-electron chi connectivity index (χ2n) is 4.23. The molecule has 0 N–H and O–H groups in total. The summed E-state index contributed by atoms with van der Waals surface area (Å²) in [6.45, 7) is 3.70. The van der Waals surface area contributed by atoms with Crippen LogP contribution in [0.3, 0.4) is 0 Å². The van der Waals surface area contributed by atoms with Gasteiger partial charge >= 0.3 is 0 Å². The maximum Gasteiger partial charge on any atom is 0.231 e. The maximum absolute atomic E-state index is 12.0. The van der Waals surface area contributed by atoms with Crippen LogP contribution in [0.25, 0.3) is 0 Å². The quantitative estimate of drug-likeness (QED) is 0.731. The van der Waals surface area contributed by atoms with Crippen LogP contribution in [0.2, 0.25) is 0 Å². The number of ether oxygens (including phenoxy) is 2. The van der Waals surface area contributed by atoms with E-state index in [1.54, 1.807) is 18.2 Å². The molecule has 0 atom stereocenters. The van der Waals surface area contributed by atoms with Crippen LogP contribution >= 0.6 is 0 Å². The highest BCUT2D eigenvalue weighted by Gasteiger charge is 2.16. The van der Waals surface area contributed by atoms with Crippen LogP contribution in [0.5, 0.6) is 11.5 Å². The summed E-state index contributed by atoms with van der Waals surface area (Å²) < 4.78 is 10.5. The first-order valence-corrected chi connectivity index (χ1v) is 5.82. The van der Waals surface area contributed by atoms with Crippen molar-refractivity contribution in [2.45, 2.75) is 13.3 Å². The Hall–Kier alpha value is -1.55. The van der Waals surface area contributed by atoms with Crippen molar-refractivity contribution in [1.82, 2.24) is 4.90 Å². The minimum atomic E-state index is 0.110. The number of hydrogen-bond donors (Lipinski definition) is 0. The molecule has 1 aliphatic rings. The Morgan fingerprint density at radius 2 is 2.12 bits per heavy atom. The summed E-state index contributed by atoms with van der Waals surface area (Å²) in [6, 6.07) is 5.33. The van der Waals surface area contributed by atoms with Gasteiger partial charge in [0.1, 0.15) is 0 Å². The molecule has 4 nitrogen and oxygen atoms in total. The Morgan fingerprint density at radius 1 is 1.35 bits per heavy atom. The SMILES string of the molecule is CCCN(C)CC(=O)c1ccc2c(c1)OCO2. The van der Waals surface area contributed by atoms with E-state index in [1.165, 1.54) is 0 Å². The summed E-state index contributed by atoms with van der Waals surface area (Å²) in [5.41, 5.74) is 0.678. The van der Waals surface area contributed by atoms with Gasteiger partial charge in [-0.15, -0.1) is 0 Å². The first-order chi connectivity index (χ1) is 8.20. The van der Waals surface area contributed by atoms with Gasteiger partial charge in [0.2, 0.25) is 6.79 Å². The zero-order valence-electron chi connectivity index (χ0n) is 10.2. The van der Waals surface area contributed by atoms with E-state index in [9.17, 15) is 4.79 Å². The van der Waals surface area contributed by atoms with Crippen molar-refractivity contribution in [3.63, 3.8) is 0 Å². The van der Waals surface area contributed by atoms with Crippen molar-refractivity contribution in [3.05, 3.63) is 23.8 Å². The number of rotatable bonds is 5. The fourth-order valence-corrected chi connectivity index (χ4v) is 1.87. The normalized spacial score (nSPS) is 13.1. The largest absolute Gasteiger partial charge is 0.454 e. The fraction of sp³-hybridized carbons (Fsp3) is 0.462. The molecule has 0 saturated heterocycles. The molecule has 0 amide bonds. The average Bonchev–Trinajstić information content (AvgIpc) is 2.75. The second-order valence-corrected chi connectivity index (χ2v) is 4.23. The number of nitrogens with zero attached hydrogens (tertiary/aromatic N) is 1. The molecule has 2 rings (SSSR count). The van der Waals surface area contributed by atoms with Crippen molar-refractivity contribution in [1.29, 1.82) is 0 Å². The Morgan fingerprint density at radius 3 is 2.88 bits per heavy atom. The lowest BCUT2D eigenvalue weighted by atomic mass is 10.1. The molecule has 0 unspecified atom stereocenters. The van der Waals surface area contributed by atoms with Gasteiger partial charge in [-0.2, -0.15) is 0 Å². The van der Waals surface area contributed by atoms with Crippen LogP contribution in [-0.4, -0.2) is 37.6 Å². The number of hydrogen-bond acceptors (Lipinski definition) is 4. The van der Waals surface area contributed by atoms with Crippen molar-refractivity contribution >= 4 is 5.78 Å². The van der Waals surface area contributed by atoms with Crippen molar-refractivity contribution < 1.29 is 14.3 Å². The molecule has 0 radical (unpaired) electrons. The van der Waals surface area contributed by atoms with Gasteiger partial charge in [-0.05, 0) is 38.2 Å². The highest BCUT2D eigenvalue weighted by Crippen LogP contribution is 2.32. The fourth-order valence-electron chi connectivity index (χ4n) is 1.87. The summed E-state index contributed by atoms with van der Waals surface area (Å²) in [4.78, 5) is 14.0. The van der Waals surface area contributed by atoms with Gasteiger partial charge in [0.05, 0.1) is 6.54 Å². The number of carbonyl (C=O) groups is 1. The molecule has 92 valence electrons. The van der Waals surface area contributed by atoms with Gasteiger partial charge in [0.15, 0.2) is 17.3 Å². The van der Waals surface area contributed by atoms with E-state index in [2.05, 4.69) is 6.92 Å². The summed E-state index contributed by atoms with van der Waals surface area (Å²) >= 11 is 0. The molecule has 4 heteroatoms. The minimum absolute atomic E-state index is 0.110. The number of likely N-dealkylation sites (N-methyl/N-ethyl adjacent to an activating group) is 1. The van der Waals surface area contributed by atoms with E-state index < -0.39 is 0 Å². The third kappa shape index (κ3) is 2.77. The zero-order valence-corrected chi connectivity index (χ0v) is 10.2. The number of carbonyl (C=O) groups excluding carboxylic acids is 1. The number of ketones is 1. The first-order valence-electron chi connectivity index (χ1n) is 5.82. The molecule has 1 heterocycles. The molecule has 1 aromatic rings. The number of Topliss-reactive ketones (excluding diaryl/α,β-unsaturated/α-hetero) is 1. The van der Waals surface area contributed by atoms with E-state index in [0.29, 0.717) is 23.6 Å². The van der Waals surface area contributed by atoms with Crippen LogP contribution < -0.4 is 9.47 Å². The molecular weight excluding hydrogens is 218 g/mol. The van der Waals surface area contributed by atoms with Crippen molar-refractivity contribution in [3.8, 4) is 11.5 Å².